The number of esters is 1. The van der Waals surface area contributed by atoms with Gasteiger partial charge in [0.25, 0.3) is 0 Å². The summed E-state index contributed by atoms with van der Waals surface area (Å²) >= 11 is 0. The lowest BCUT2D eigenvalue weighted by molar-refractivity contribution is -0.217. The summed E-state index contributed by atoms with van der Waals surface area (Å²) in [5.41, 5.74) is -0.584. The molecule has 3 aliphatic heterocycles. The molecule has 1 saturated carbocycles. The molecule has 0 aromatic heterocycles. The van der Waals surface area contributed by atoms with Crippen molar-refractivity contribution < 1.29 is 28.9 Å². The molecule has 1 amide bonds. The highest BCUT2D eigenvalue weighted by Crippen LogP contribution is 2.67. The van der Waals surface area contributed by atoms with Gasteiger partial charge in [0, 0.05) is 49.1 Å². The Kier molecular flexibility index (Phi) is 6.22. The van der Waals surface area contributed by atoms with Gasteiger partial charge in [-0.3, -0.25) is 9.69 Å². The fraction of sp³-hybridized carbons (Fsp3) is 0.643. The van der Waals surface area contributed by atoms with Gasteiger partial charge in [0.2, 0.25) is 0 Å². The van der Waals surface area contributed by atoms with Gasteiger partial charge in [-0.05, 0) is 44.9 Å². The topological polar surface area (TPSA) is 101 Å². The summed E-state index contributed by atoms with van der Waals surface area (Å²) in [6, 6.07) is 5.66. The summed E-state index contributed by atoms with van der Waals surface area (Å²) in [6.07, 6.45) is 3.97. The maximum atomic E-state index is 12.9. The van der Waals surface area contributed by atoms with E-state index < -0.39 is 40.6 Å². The number of benzene rings is 1. The highest BCUT2D eigenvalue weighted by atomic mass is 16.6. The first-order valence-electron chi connectivity index (χ1n) is 13.2. The van der Waals surface area contributed by atoms with Crippen molar-refractivity contribution in [2.45, 2.75) is 75.8 Å². The summed E-state index contributed by atoms with van der Waals surface area (Å²) in [5, 5.41) is 15.7. The fourth-order valence-corrected chi connectivity index (χ4v) is 8.11. The molecule has 1 aromatic rings. The molecule has 1 saturated heterocycles. The molecule has 2 N–H and O–H groups in total. The van der Waals surface area contributed by atoms with E-state index in [9.17, 15) is 14.7 Å². The van der Waals surface area contributed by atoms with Crippen LogP contribution in [0.4, 0.5) is 10.5 Å². The van der Waals surface area contributed by atoms with Crippen molar-refractivity contribution in [3.05, 3.63) is 35.9 Å². The number of fused-ring (bicyclic) bond motifs is 1. The van der Waals surface area contributed by atoms with Gasteiger partial charge in [0.1, 0.15) is 17.5 Å². The van der Waals surface area contributed by atoms with E-state index in [1.807, 2.05) is 19.2 Å². The average molecular weight is 514 g/mol. The summed E-state index contributed by atoms with van der Waals surface area (Å²) in [7, 11) is 3.62. The van der Waals surface area contributed by atoms with E-state index in [-0.39, 0.29) is 18.7 Å². The molecule has 2 fully saturated rings. The Balaban J connectivity index is 1.73. The lowest BCUT2D eigenvalue weighted by Gasteiger charge is -2.64. The van der Waals surface area contributed by atoms with Crippen molar-refractivity contribution in [2.24, 2.45) is 5.41 Å². The monoisotopic (exact) mass is 513 g/mol. The molecule has 0 radical (unpaired) electrons. The Morgan fingerprint density at radius 2 is 2.03 bits per heavy atom. The zero-order valence-corrected chi connectivity index (χ0v) is 22.6. The van der Waals surface area contributed by atoms with Crippen molar-refractivity contribution in [2.75, 3.05) is 38.7 Å². The Labute approximate surface area is 218 Å². The number of anilines is 1. The van der Waals surface area contributed by atoms with Crippen LogP contribution in [0.1, 0.15) is 46.1 Å². The number of hydrogen-bond acceptors (Lipinski definition) is 8. The third-order valence-electron chi connectivity index (χ3n) is 9.08. The van der Waals surface area contributed by atoms with Crippen LogP contribution in [0.3, 0.4) is 0 Å². The number of methoxy groups -OCH3 is 1. The normalized spacial score (nSPS) is 35.6. The number of carbonyl (C=O) groups is 2. The first kappa shape index (κ1) is 25.9. The average Bonchev–Trinajstić information content (AvgIpc) is 3.37. The number of amides is 1. The predicted octanol–water partition coefficient (Wildman–Crippen LogP) is 2.60. The van der Waals surface area contributed by atoms with E-state index in [2.05, 4.69) is 40.3 Å². The van der Waals surface area contributed by atoms with E-state index in [1.165, 1.54) is 6.92 Å². The van der Waals surface area contributed by atoms with Crippen LogP contribution in [0.15, 0.2) is 30.4 Å². The number of alkyl carbamates (subject to hydrolysis) is 1. The van der Waals surface area contributed by atoms with Crippen LogP contribution >= 0.6 is 0 Å². The molecule has 9 nitrogen and oxygen atoms in total. The summed E-state index contributed by atoms with van der Waals surface area (Å²) in [4.78, 5) is 29.8. The highest BCUT2D eigenvalue weighted by Gasteiger charge is 2.77. The smallest absolute Gasteiger partial charge is 0.407 e. The van der Waals surface area contributed by atoms with Crippen LogP contribution in [0, 0.1) is 5.41 Å². The molecule has 37 heavy (non-hydrogen) atoms. The van der Waals surface area contributed by atoms with Crippen LogP contribution in [-0.4, -0.2) is 85.8 Å². The minimum Gasteiger partial charge on any atom is -0.497 e. The molecular formula is C28H39N3O6. The summed E-state index contributed by atoms with van der Waals surface area (Å²) in [6.45, 7) is 8.56. The number of ether oxygens (including phenoxy) is 3. The molecular weight excluding hydrogens is 474 g/mol. The van der Waals surface area contributed by atoms with Crippen molar-refractivity contribution >= 4 is 17.7 Å². The molecule has 6 atom stereocenters. The van der Waals surface area contributed by atoms with Gasteiger partial charge in [-0.15, -0.1) is 0 Å². The number of aliphatic hydroxyl groups is 1. The van der Waals surface area contributed by atoms with Crippen LogP contribution in [0.2, 0.25) is 0 Å². The van der Waals surface area contributed by atoms with Crippen molar-refractivity contribution in [3.63, 3.8) is 0 Å². The molecule has 9 heteroatoms. The molecule has 0 unspecified atom stereocenters. The Bertz CT molecular complexity index is 1120. The van der Waals surface area contributed by atoms with E-state index in [4.69, 9.17) is 14.2 Å². The number of nitrogens with one attached hydrogen (secondary N) is 1. The van der Waals surface area contributed by atoms with Crippen LogP contribution in [0.25, 0.3) is 0 Å². The van der Waals surface area contributed by atoms with Gasteiger partial charge in [-0.1, -0.05) is 25.1 Å². The molecule has 1 aliphatic carbocycles. The summed E-state index contributed by atoms with van der Waals surface area (Å²) < 4.78 is 17.0. The number of rotatable bonds is 6. The van der Waals surface area contributed by atoms with Crippen molar-refractivity contribution in [3.8, 4) is 5.75 Å². The molecule has 4 aliphatic rings. The van der Waals surface area contributed by atoms with Crippen LogP contribution < -0.4 is 15.0 Å². The second-order valence-corrected chi connectivity index (χ2v) is 11.2. The number of nitrogens with zero attached hydrogens (tertiary/aromatic N) is 2. The van der Waals surface area contributed by atoms with Crippen molar-refractivity contribution in [1.29, 1.82) is 0 Å². The molecule has 3 heterocycles. The zero-order valence-electron chi connectivity index (χ0n) is 22.6. The maximum Gasteiger partial charge on any atom is 0.407 e. The third-order valence-corrected chi connectivity index (χ3v) is 9.08. The first-order valence-corrected chi connectivity index (χ1v) is 13.2. The fourth-order valence-electron chi connectivity index (χ4n) is 8.11. The van der Waals surface area contributed by atoms with Crippen LogP contribution in [-0.2, 0) is 19.7 Å². The van der Waals surface area contributed by atoms with E-state index in [1.54, 1.807) is 21.0 Å². The number of carbonyl (C=O) groups excluding carboxylic acids is 2. The Morgan fingerprint density at radius 3 is 2.68 bits per heavy atom. The quantitative estimate of drug-likeness (QED) is 0.442. The first-order chi connectivity index (χ1) is 17.5. The lowest BCUT2D eigenvalue weighted by Crippen LogP contribution is -2.81. The minimum atomic E-state index is -1.62. The van der Waals surface area contributed by atoms with E-state index in [0.717, 1.165) is 36.5 Å². The zero-order chi connectivity index (χ0) is 26.8. The molecule has 0 bridgehead atoms. The maximum absolute atomic E-state index is 12.9. The van der Waals surface area contributed by atoms with Gasteiger partial charge in [-0.25, -0.2) is 4.79 Å². The van der Waals surface area contributed by atoms with Gasteiger partial charge < -0.3 is 29.5 Å². The molecule has 1 aromatic carbocycles. The molecule has 5 rings (SSSR count). The molecule has 202 valence electrons. The van der Waals surface area contributed by atoms with Gasteiger partial charge in [0.05, 0.1) is 25.8 Å². The lowest BCUT2D eigenvalue weighted by atomic mass is 9.47. The second-order valence-electron chi connectivity index (χ2n) is 11.2. The van der Waals surface area contributed by atoms with Gasteiger partial charge in [-0.2, -0.15) is 0 Å². The van der Waals surface area contributed by atoms with E-state index in [0.29, 0.717) is 6.42 Å². The Morgan fingerprint density at radius 1 is 1.27 bits per heavy atom. The Hall–Kier alpha value is -2.78. The van der Waals surface area contributed by atoms with E-state index >= 15 is 0 Å². The van der Waals surface area contributed by atoms with Crippen molar-refractivity contribution in [1.82, 2.24) is 10.2 Å². The predicted molar refractivity (Wildman–Crippen MR) is 139 cm³/mol. The van der Waals surface area contributed by atoms with Gasteiger partial charge >= 0.3 is 12.1 Å². The standard InChI is InChI=1S/C28H39N3O6/c1-7-26-11-8-13-31-14-12-27(22(26)31)20-10-9-19(35-6)15-21(20)30(5)23(27)28(34,24(26)37-18(4)32)16-29-25(33)36-17(2)3/h8-11,15,17,22-24,34H,7,12-14,16H2,1-6H3,(H,29,33)/t22-,23+,24+,26+,27+,28-/m0/s1. The van der Waals surface area contributed by atoms with Crippen LogP contribution in [0.5, 0.6) is 5.75 Å². The highest BCUT2D eigenvalue weighted by molar-refractivity contribution is 5.72. The third kappa shape index (κ3) is 3.50. The minimum absolute atomic E-state index is 0.00401. The number of hydrogen-bond donors (Lipinski definition) is 2. The van der Waals surface area contributed by atoms with Gasteiger partial charge in [0.15, 0.2) is 0 Å². The summed E-state index contributed by atoms with van der Waals surface area (Å²) in [5.74, 6) is 0.274. The molecule has 1 spiro atoms. The largest absolute Gasteiger partial charge is 0.497 e. The second kappa shape index (κ2) is 8.91. The number of likely N-dealkylation sites (N-methyl/N-ethyl adjacent to an activating group) is 1. The SMILES string of the molecule is CC[C@]12C=CCN3CC[C@@]4(c5ccc(OC)cc5N(C)[C@H]4[C@@](O)(CNC(=O)OC(C)C)[C@@H]1OC(C)=O)[C@@H]32.